The Balaban J connectivity index is 3.08. The van der Waals surface area contributed by atoms with E-state index in [0.29, 0.717) is 13.0 Å². The number of nitrogens with one attached hydrogen (secondary N) is 1. The monoisotopic (exact) mass is 187 g/mol. The summed E-state index contributed by atoms with van der Waals surface area (Å²) in [5.74, 6) is 0.0957. The van der Waals surface area contributed by atoms with Crippen LogP contribution in [0, 0.1) is 0 Å². The van der Waals surface area contributed by atoms with Gasteiger partial charge in [0.1, 0.15) is 0 Å². The number of hydrogen-bond acceptors (Lipinski definition) is 2. The topological polar surface area (TPSA) is 38.3 Å². The SMILES string of the molecule is CCCCOCCC(=O)NCCC. The summed E-state index contributed by atoms with van der Waals surface area (Å²) in [7, 11) is 0. The molecule has 0 radical (unpaired) electrons. The third-order valence-corrected chi connectivity index (χ3v) is 1.69. The highest BCUT2D eigenvalue weighted by molar-refractivity contribution is 5.75. The van der Waals surface area contributed by atoms with E-state index in [1.807, 2.05) is 6.92 Å². The summed E-state index contributed by atoms with van der Waals surface area (Å²) in [6.45, 7) is 6.26. The van der Waals surface area contributed by atoms with Gasteiger partial charge in [-0.15, -0.1) is 0 Å². The van der Waals surface area contributed by atoms with Crippen molar-refractivity contribution in [1.29, 1.82) is 0 Å². The Morgan fingerprint density at radius 2 is 2.00 bits per heavy atom. The van der Waals surface area contributed by atoms with Crippen molar-refractivity contribution in [3.63, 3.8) is 0 Å². The first-order valence-electron chi connectivity index (χ1n) is 5.15. The molecule has 0 fully saturated rings. The molecule has 0 spiro atoms. The Hall–Kier alpha value is -0.570. The second kappa shape index (κ2) is 9.52. The summed E-state index contributed by atoms with van der Waals surface area (Å²) in [4.78, 5) is 11.0. The minimum Gasteiger partial charge on any atom is -0.381 e. The molecule has 0 heterocycles. The average Bonchev–Trinajstić information content (AvgIpc) is 2.14. The van der Waals surface area contributed by atoms with Crippen molar-refractivity contribution < 1.29 is 9.53 Å². The van der Waals surface area contributed by atoms with Gasteiger partial charge >= 0.3 is 0 Å². The van der Waals surface area contributed by atoms with Gasteiger partial charge in [-0.3, -0.25) is 4.79 Å². The van der Waals surface area contributed by atoms with Gasteiger partial charge in [-0.05, 0) is 12.8 Å². The molecule has 0 aromatic heterocycles. The lowest BCUT2D eigenvalue weighted by Crippen LogP contribution is -2.25. The van der Waals surface area contributed by atoms with Crippen LogP contribution in [-0.4, -0.2) is 25.7 Å². The van der Waals surface area contributed by atoms with E-state index < -0.39 is 0 Å². The fourth-order valence-electron chi connectivity index (χ4n) is 0.866. The predicted molar refractivity (Wildman–Crippen MR) is 53.6 cm³/mol. The Kier molecular flexibility index (Phi) is 9.10. The molecular formula is C10H21NO2. The van der Waals surface area contributed by atoms with Crippen LogP contribution in [0.3, 0.4) is 0 Å². The van der Waals surface area contributed by atoms with Crippen molar-refractivity contribution in [3.8, 4) is 0 Å². The van der Waals surface area contributed by atoms with Gasteiger partial charge in [0, 0.05) is 19.6 Å². The number of rotatable bonds is 8. The number of hydrogen-bond donors (Lipinski definition) is 1. The lowest BCUT2D eigenvalue weighted by Gasteiger charge is -2.04. The van der Waals surface area contributed by atoms with Crippen LogP contribution in [0.15, 0.2) is 0 Å². The number of unbranched alkanes of at least 4 members (excludes halogenated alkanes) is 1. The summed E-state index contributed by atoms with van der Waals surface area (Å²) in [6, 6.07) is 0. The van der Waals surface area contributed by atoms with Crippen LogP contribution in [0.5, 0.6) is 0 Å². The second-order valence-electron chi connectivity index (χ2n) is 3.07. The van der Waals surface area contributed by atoms with Crippen molar-refractivity contribution in [2.45, 2.75) is 39.5 Å². The van der Waals surface area contributed by atoms with E-state index in [4.69, 9.17) is 4.74 Å². The molecule has 0 aliphatic carbocycles. The van der Waals surface area contributed by atoms with Crippen molar-refractivity contribution >= 4 is 5.91 Å². The number of ether oxygens (including phenoxy) is 1. The highest BCUT2D eigenvalue weighted by Gasteiger charge is 1.98. The van der Waals surface area contributed by atoms with Crippen molar-refractivity contribution in [1.82, 2.24) is 5.32 Å². The van der Waals surface area contributed by atoms with E-state index in [9.17, 15) is 4.79 Å². The van der Waals surface area contributed by atoms with E-state index in [0.717, 1.165) is 32.4 Å². The fraction of sp³-hybridized carbons (Fsp3) is 0.900. The standard InChI is InChI=1S/C10H21NO2/c1-3-5-8-13-9-6-10(12)11-7-4-2/h3-9H2,1-2H3,(H,11,12). The van der Waals surface area contributed by atoms with Gasteiger partial charge in [-0.25, -0.2) is 0 Å². The molecule has 0 rings (SSSR count). The minimum absolute atomic E-state index is 0.0957. The molecule has 0 aromatic carbocycles. The van der Waals surface area contributed by atoms with Crippen LogP contribution in [0.1, 0.15) is 39.5 Å². The van der Waals surface area contributed by atoms with Gasteiger partial charge in [0.2, 0.25) is 5.91 Å². The molecule has 0 saturated heterocycles. The number of carbonyl (C=O) groups is 1. The lowest BCUT2D eigenvalue weighted by atomic mass is 10.3. The van der Waals surface area contributed by atoms with E-state index in [-0.39, 0.29) is 5.91 Å². The molecule has 1 N–H and O–H groups in total. The first-order chi connectivity index (χ1) is 6.31. The zero-order valence-corrected chi connectivity index (χ0v) is 8.77. The normalized spacial score (nSPS) is 10.0. The summed E-state index contributed by atoms with van der Waals surface area (Å²) in [5, 5.41) is 2.80. The molecule has 1 amide bonds. The molecule has 0 saturated carbocycles. The van der Waals surface area contributed by atoms with Gasteiger partial charge in [0.15, 0.2) is 0 Å². The highest BCUT2D eigenvalue weighted by atomic mass is 16.5. The smallest absolute Gasteiger partial charge is 0.222 e. The molecule has 0 aromatic rings. The lowest BCUT2D eigenvalue weighted by molar-refractivity contribution is -0.122. The second-order valence-corrected chi connectivity index (χ2v) is 3.07. The van der Waals surface area contributed by atoms with E-state index >= 15 is 0 Å². The highest BCUT2D eigenvalue weighted by Crippen LogP contribution is 1.89. The van der Waals surface area contributed by atoms with Crippen molar-refractivity contribution in [2.75, 3.05) is 19.8 Å². The summed E-state index contributed by atoms with van der Waals surface area (Å²) < 4.78 is 5.26. The quantitative estimate of drug-likeness (QED) is 0.588. The maximum atomic E-state index is 11.0. The fourth-order valence-corrected chi connectivity index (χ4v) is 0.866. The van der Waals surface area contributed by atoms with Gasteiger partial charge in [-0.1, -0.05) is 20.3 Å². The molecule has 3 nitrogen and oxygen atoms in total. The van der Waals surface area contributed by atoms with Crippen molar-refractivity contribution in [3.05, 3.63) is 0 Å². The first kappa shape index (κ1) is 12.4. The minimum atomic E-state index is 0.0957. The summed E-state index contributed by atoms with van der Waals surface area (Å²) in [5.41, 5.74) is 0. The summed E-state index contributed by atoms with van der Waals surface area (Å²) >= 11 is 0. The number of amides is 1. The van der Waals surface area contributed by atoms with Gasteiger partial charge in [0.05, 0.1) is 6.61 Å². The molecule has 13 heavy (non-hydrogen) atoms. The molecular weight excluding hydrogens is 166 g/mol. The maximum absolute atomic E-state index is 11.0. The van der Waals surface area contributed by atoms with Crippen LogP contribution in [0.25, 0.3) is 0 Å². The van der Waals surface area contributed by atoms with Crippen LogP contribution >= 0.6 is 0 Å². The zero-order valence-electron chi connectivity index (χ0n) is 8.77. The predicted octanol–water partition coefficient (Wildman–Crippen LogP) is 1.72. The van der Waals surface area contributed by atoms with Crippen LogP contribution in [-0.2, 0) is 9.53 Å². The molecule has 0 atom stereocenters. The molecule has 78 valence electrons. The van der Waals surface area contributed by atoms with E-state index in [1.54, 1.807) is 0 Å². The Morgan fingerprint density at radius 3 is 2.62 bits per heavy atom. The Bertz CT molecular complexity index is 126. The van der Waals surface area contributed by atoms with Crippen molar-refractivity contribution in [2.24, 2.45) is 0 Å². The van der Waals surface area contributed by atoms with E-state index in [1.165, 1.54) is 0 Å². The first-order valence-corrected chi connectivity index (χ1v) is 5.15. The summed E-state index contributed by atoms with van der Waals surface area (Å²) in [6.07, 6.45) is 3.70. The zero-order chi connectivity index (χ0) is 9.94. The largest absolute Gasteiger partial charge is 0.381 e. The maximum Gasteiger partial charge on any atom is 0.222 e. The molecule has 3 heteroatoms. The van der Waals surface area contributed by atoms with Gasteiger partial charge in [-0.2, -0.15) is 0 Å². The third kappa shape index (κ3) is 9.34. The molecule has 0 aliphatic heterocycles. The van der Waals surface area contributed by atoms with Crippen LogP contribution in [0.4, 0.5) is 0 Å². The molecule has 0 bridgehead atoms. The Morgan fingerprint density at radius 1 is 1.23 bits per heavy atom. The molecule has 0 unspecified atom stereocenters. The van der Waals surface area contributed by atoms with Crippen LogP contribution < -0.4 is 5.32 Å². The Labute approximate surface area is 80.8 Å². The van der Waals surface area contributed by atoms with Gasteiger partial charge < -0.3 is 10.1 Å². The van der Waals surface area contributed by atoms with Crippen LogP contribution in [0.2, 0.25) is 0 Å². The van der Waals surface area contributed by atoms with Gasteiger partial charge in [0.25, 0.3) is 0 Å². The average molecular weight is 187 g/mol. The number of carbonyl (C=O) groups excluding carboxylic acids is 1. The third-order valence-electron chi connectivity index (χ3n) is 1.69. The molecule has 0 aliphatic rings. The van der Waals surface area contributed by atoms with E-state index in [2.05, 4.69) is 12.2 Å².